The highest BCUT2D eigenvalue weighted by Gasteiger charge is 2.02. The van der Waals surface area contributed by atoms with Crippen LogP contribution in [0.15, 0.2) is 12.2 Å². The van der Waals surface area contributed by atoms with Gasteiger partial charge in [0.1, 0.15) is 0 Å². The van der Waals surface area contributed by atoms with Gasteiger partial charge in [0.05, 0.1) is 0 Å². The molecule has 0 aliphatic rings. The van der Waals surface area contributed by atoms with E-state index in [1.807, 2.05) is 0 Å². The van der Waals surface area contributed by atoms with E-state index in [1.54, 1.807) is 14.2 Å². The minimum atomic E-state index is -0.0143. The predicted molar refractivity (Wildman–Crippen MR) is 73.5 cm³/mol. The number of alkyl halides is 1. The van der Waals surface area contributed by atoms with E-state index < -0.39 is 0 Å². The second kappa shape index (κ2) is 12.5. The van der Waals surface area contributed by atoms with E-state index in [4.69, 9.17) is 9.47 Å². The van der Waals surface area contributed by atoms with E-state index in [9.17, 15) is 0 Å². The SMILES string of the molecule is COC(CCCCC/C=C\CCI)OC. The smallest absolute Gasteiger partial charge is 0.156 e. The van der Waals surface area contributed by atoms with Crippen LogP contribution in [0.4, 0.5) is 0 Å². The van der Waals surface area contributed by atoms with Crippen molar-refractivity contribution in [3.8, 4) is 0 Å². The van der Waals surface area contributed by atoms with Crippen LogP contribution in [-0.4, -0.2) is 24.9 Å². The highest BCUT2D eigenvalue weighted by molar-refractivity contribution is 14.1. The summed E-state index contributed by atoms with van der Waals surface area (Å²) in [5, 5.41) is 0. The largest absolute Gasteiger partial charge is 0.356 e. The van der Waals surface area contributed by atoms with Gasteiger partial charge in [-0.15, -0.1) is 0 Å². The monoisotopic (exact) mass is 326 g/mol. The van der Waals surface area contributed by atoms with Crippen molar-refractivity contribution in [3.05, 3.63) is 12.2 Å². The molecule has 0 N–H and O–H groups in total. The fourth-order valence-corrected chi connectivity index (χ4v) is 1.74. The standard InChI is InChI=1S/C12H23IO2/c1-14-12(15-2)10-8-6-4-3-5-7-9-11-13/h5,7,12H,3-4,6,8-11H2,1-2H3/b7-5-. The van der Waals surface area contributed by atoms with Crippen LogP contribution in [0.25, 0.3) is 0 Å². The topological polar surface area (TPSA) is 18.5 Å². The number of halogens is 1. The maximum atomic E-state index is 5.12. The number of rotatable bonds is 10. The Labute approximate surface area is 108 Å². The summed E-state index contributed by atoms with van der Waals surface area (Å²) in [5.74, 6) is 0. The molecule has 0 atom stereocenters. The zero-order chi connectivity index (χ0) is 11.4. The fraction of sp³-hybridized carbons (Fsp3) is 0.833. The molecule has 0 radical (unpaired) electrons. The van der Waals surface area contributed by atoms with E-state index in [2.05, 4.69) is 34.7 Å². The molecule has 0 aromatic rings. The van der Waals surface area contributed by atoms with E-state index in [0.29, 0.717) is 0 Å². The normalized spacial score (nSPS) is 11.7. The summed E-state index contributed by atoms with van der Waals surface area (Å²) < 4.78 is 11.5. The van der Waals surface area contributed by atoms with Gasteiger partial charge in [0.15, 0.2) is 6.29 Å². The molecule has 0 bridgehead atoms. The number of hydrogen-bond acceptors (Lipinski definition) is 2. The molecule has 2 nitrogen and oxygen atoms in total. The molecule has 0 amide bonds. The van der Waals surface area contributed by atoms with Gasteiger partial charge >= 0.3 is 0 Å². The third-order valence-corrected chi connectivity index (χ3v) is 2.90. The zero-order valence-electron chi connectivity index (χ0n) is 9.88. The summed E-state index contributed by atoms with van der Waals surface area (Å²) in [6.07, 6.45) is 11.7. The first kappa shape index (κ1) is 15.4. The molecule has 90 valence electrons. The van der Waals surface area contributed by atoms with Gasteiger partial charge in [0.2, 0.25) is 0 Å². The average molecular weight is 326 g/mol. The molecule has 0 spiro atoms. The van der Waals surface area contributed by atoms with Gasteiger partial charge < -0.3 is 9.47 Å². The molecule has 0 saturated carbocycles. The number of hydrogen-bond donors (Lipinski definition) is 0. The summed E-state index contributed by atoms with van der Waals surface area (Å²) in [4.78, 5) is 0. The first-order valence-corrected chi connectivity index (χ1v) is 7.14. The molecular formula is C12H23IO2. The van der Waals surface area contributed by atoms with Crippen LogP contribution < -0.4 is 0 Å². The summed E-state index contributed by atoms with van der Waals surface area (Å²) in [6.45, 7) is 0. The lowest BCUT2D eigenvalue weighted by molar-refractivity contribution is -0.107. The summed E-state index contributed by atoms with van der Waals surface area (Å²) in [7, 11) is 3.39. The Kier molecular flexibility index (Phi) is 12.8. The first-order chi connectivity index (χ1) is 7.35. The molecule has 0 unspecified atom stereocenters. The second-order valence-corrected chi connectivity index (χ2v) is 4.57. The number of allylic oxidation sites excluding steroid dienone is 2. The number of methoxy groups -OCH3 is 2. The Morgan fingerprint density at radius 2 is 1.67 bits per heavy atom. The molecule has 3 heteroatoms. The van der Waals surface area contributed by atoms with Gasteiger partial charge in [0, 0.05) is 18.6 Å². The second-order valence-electron chi connectivity index (χ2n) is 3.49. The third-order valence-electron chi connectivity index (χ3n) is 2.28. The maximum Gasteiger partial charge on any atom is 0.156 e. The Morgan fingerprint density at radius 1 is 1.00 bits per heavy atom. The molecule has 0 aromatic carbocycles. The van der Waals surface area contributed by atoms with E-state index >= 15 is 0 Å². The minimum Gasteiger partial charge on any atom is -0.356 e. The Morgan fingerprint density at radius 3 is 2.27 bits per heavy atom. The van der Waals surface area contributed by atoms with Gasteiger partial charge in [-0.05, 0) is 32.1 Å². The van der Waals surface area contributed by atoms with Crippen molar-refractivity contribution in [1.82, 2.24) is 0 Å². The van der Waals surface area contributed by atoms with Gasteiger partial charge in [0.25, 0.3) is 0 Å². The van der Waals surface area contributed by atoms with Crippen molar-refractivity contribution >= 4 is 22.6 Å². The Balaban J connectivity index is 3.17. The van der Waals surface area contributed by atoms with Crippen molar-refractivity contribution in [2.24, 2.45) is 0 Å². The summed E-state index contributed by atoms with van der Waals surface area (Å²) >= 11 is 2.40. The van der Waals surface area contributed by atoms with Crippen LogP contribution in [0.3, 0.4) is 0 Å². The Hall–Kier alpha value is 0.390. The molecule has 15 heavy (non-hydrogen) atoms. The molecule has 0 aliphatic heterocycles. The zero-order valence-corrected chi connectivity index (χ0v) is 12.0. The lowest BCUT2D eigenvalue weighted by Crippen LogP contribution is -2.12. The van der Waals surface area contributed by atoms with Crippen LogP contribution in [0.2, 0.25) is 0 Å². The number of ether oxygens (including phenoxy) is 2. The average Bonchev–Trinajstić information content (AvgIpc) is 2.27. The maximum absolute atomic E-state index is 5.12. The highest BCUT2D eigenvalue weighted by Crippen LogP contribution is 2.08. The van der Waals surface area contributed by atoms with Crippen molar-refractivity contribution in [3.63, 3.8) is 0 Å². The van der Waals surface area contributed by atoms with E-state index in [-0.39, 0.29) is 6.29 Å². The molecular weight excluding hydrogens is 303 g/mol. The summed E-state index contributed by atoms with van der Waals surface area (Å²) in [6, 6.07) is 0. The third kappa shape index (κ3) is 10.7. The van der Waals surface area contributed by atoms with E-state index in [0.717, 1.165) is 6.42 Å². The van der Waals surface area contributed by atoms with Crippen LogP contribution in [-0.2, 0) is 9.47 Å². The van der Waals surface area contributed by atoms with Gasteiger partial charge in [-0.3, -0.25) is 0 Å². The highest BCUT2D eigenvalue weighted by atomic mass is 127. The molecule has 0 aromatic heterocycles. The van der Waals surface area contributed by atoms with Crippen molar-refractivity contribution < 1.29 is 9.47 Å². The molecule has 0 saturated heterocycles. The number of unbranched alkanes of at least 4 members (excludes halogenated alkanes) is 3. The van der Waals surface area contributed by atoms with Gasteiger partial charge in [-0.2, -0.15) is 0 Å². The van der Waals surface area contributed by atoms with Crippen molar-refractivity contribution in [2.75, 3.05) is 18.6 Å². The fourth-order valence-electron chi connectivity index (χ4n) is 1.38. The van der Waals surface area contributed by atoms with Crippen LogP contribution in [0.1, 0.15) is 38.5 Å². The predicted octanol–water partition coefficient (Wildman–Crippen LogP) is 3.94. The lowest BCUT2D eigenvalue weighted by atomic mass is 10.1. The summed E-state index contributed by atoms with van der Waals surface area (Å²) in [5.41, 5.74) is 0. The first-order valence-electron chi connectivity index (χ1n) is 5.61. The lowest BCUT2D eigenvalue weighted by Gasteiger charge is -2.12. The Bertz CT molecular complexity index is 145. The van der Waals surface area contributed by atoms with Crippen molar-refractivity contribution in [1.29, 1.82) is 0 Å². The molecule has 0 heterocycles. The van der Waals surface area contributed by atoms with Crippen molar-refractivity contribution in [2.45, 2.75) is 44.8 Å². The van der Waals surface area contributed by atoms with Crippen LogP contribution in [0.5, 0.6) is 0 Å². The molecule has 0 aliphatic carbocycles. The van der Waals surface area contributed by atoms with E-state index in [1.165, 1.54) is 36.5 Å². The molecule has 0 rings (SSSR count). The van der Waals surface area contributed by atoms with Crippen LogP contribution in [0, 0.1) is 0 Å². The van der Waals surface area contributed by atoms with Crippen LogP contribution >= 0.6 is 22.6 Å². The van der Waals surface area contributed by atoms with Gasteiger partial charge in [-0.25, -0.2) is 0 Å². The quantitative estimate of drug-likeness (QED) is 0.199. The van der Waals surface area contributed by atoms with Gasteiger partial charge in [-0.1, -0.05) is 41.2 Å². The minimum absolute atomic E-state index is 0.0143. The molecule has 0 fully saturated rings.